The predicted molar refractivity (Wildman–Crippen MR) is 63.9 cm³/mol. The number of ether oxygens (including phenoxy) is 1. The molecular weight excluding hydrogens is 224 g/mol. The van der Waals surface area contributed by atoms with Crippen molar-refractivity contribution in [3.8, 4) is 0 Å². The van der Waals surface area contributed by atoms with Crippen LogP contribution in [-0.4, -0.2) is 42.4 Å². The molecule has 0 saturated carbocycles. The SMILES string of the molecule is CCOC(C)CNC(=O)N[C@H](C(=O)O)C(C)C. The number of carboxylic acids is 1. The summed E-state index contributed by atoms with van der Waals surface area (Å²) in [5.41, 5.74) is 0. The Morgan fingerprint density at radius 3 is 2.29 bits per heavy atom. The summed E-state index contributed by atoms with van der Waals surface area (Å²) in [6.07, 6.45) is -0.0897. The lowest BCUT2D eigenvalue weighted by molar-refractivity contribution is -0.140. The number of hydrogen-bond acceptors (Lipinski definition) is 3. The van der Waals surface area contributed by atoms with Gasteiger partial charge in [0, 0.05) is 13.2 Å². The minimum Gasteiger partial charge on any atom is -0.480 e. The molecule has 0 saturated heterocycles. The van der Waals surface area contributed by atoms with Gasteiger partial charge in [-0.15, -0.1) is 0 Å². The molecule has 0 aromatic carbocycles. The third-order valence-corrected chi connectivity index (χ3v) is 2.22. The van der Waals surface area contributed by atoms with Crippen LogP contribution in [0.3, 0.4) is 0 Å². The number of nitrogens with one attached hydrogen (secondary N) is 2. The highest BCUT2D eigenvalue weighted by Crippen LogP contribution is 2.01. The standard InChI is InChI=1S/C11H22N2O4/c1-5-17-8(4)6-12-11(16)13-9(7(2)3)10(14)15/h7-9H,5-6H2,1-4H3,(H,14,15)(H2,12,13,16)/t8?,9-/m0/s1. The van der Waals surface area contributed by atoms with E-state index in [1.54, 1.807) is 13.8 Å². The Morgan fingerprint density at radius 1 is 1.29 bits per heavy atom. The summed E-state index contributed by atoms with van der Waals surface area (Å²) in [7, 11) is 0. The van der Waals surface area contributed by atoms with Gasteiger partial charge in [0.1, 0.15) is 6.04 Å². The van der Waals surface area contributed by atoms with Gasteiger partial charge in [0.05, 0.1) is 6.10 Å². The molecule has 6 nitrogen and oxygen atoms in total. The zero-order valence-electron chi connectivity index (χ0n) is 10.8. The highest BCUT2D eigenvalue weighted by atomic mass is 16.5. The van der Waals surface area contributed by atoms with Gasteiger partial charge in [-0.05, 0) is 19.8 Å². The summed E-state index contributed by atoms with van der Waals surface area (Å²) >= 11 is 0. The molecule has 0 radical (unpaired) electrons. The molecule has 0 spiro atoms. The number of amides is 2. The summed E-state index contributed by atoms with van der Waals surface area (Å²) in [5, 5.41) is 13.9. The van der Waals surface area contributed by atoms with Crippen LogP contribution in [0.4, 0.5) is 4.79 Å². The second-order valence-electron chi connectivity index (χ2n) is 4.18. The summed E-state index contributed by atoms with van der Waals surface area (Å²) < 4.78 is 5.23. The van der Waals surface area contributed by atoms with E-state index in [-0.39, 0.29) is 12.0 Å². The molecule has 0 heterocycles. The summed E-state index contributed by atoms with van der Waals surface area (Å²) in [4.78, 5) is 22.3. The van der Waals surface area contributed by atoms with E-state index in [9.17, 15) is 9.59 Å². The first-order chi connectivity index (χ1) is 7.88. The largest absolute Gasteiger partial charge is 0.480 e. The van der Waals surface area contributed by atoms with E-state index in [2.05, 4.69) is 10.6 Å². The van der Waals surface area contributed by atoms with E-state index in [4.69, 9.17) is 9.84 Å². The van der Waals surface area contributed by atoms with Crippen molar-refractivity contribution in [2.45, 2.75) is 39.8 Å². The molecule has 100 valence electrons. The van der Waals surface area contributed by atoms with Crippen LogP contribution < -0.4 is 10.6 Å². The van der Waals surface area contributed by atoms with E-state index in [1.165, 1.54) is 0 Å². The lowest BCUT2D eigenvalue weighted by Crippen LogP contribution is -2.49. The average Bonchev–Trinajstić information content (AvgIpc) is 2.22. The van der Waals surface area contributed by atoms with Gasteiger partial charge in [0.15, 0.2) is 0 Å². The third-order valence-electron chi connectivity index (χ3n) is 2.22. The van der Waals surface area contributed by atoms with Crippen molar-refractivity contribution < 1.29 is 19.4 Å². The highest BCUT2D eigenvalue weighted by molar-refractivity contribution is 5.82. The summed E-state index contributed by atoms with van der Waals surface area (Å²) in [6.45, 7) is 8.11. The Labute approximate surface area is 102 Å². The van der Waals surface area contributed by atoms with E-state index in [0.29, 0.717) is 13.2 Å². The summed E-state index contributed by atoms with van der Waals surface area (Å²) in [5.74, 6) is -1.20. The molecule has 0 aliphatic heterocycles. The van der Waals surface area contributed by atoms with Crippen LogP contribution in [-0.2, 0) is 9.53 Å². The van der Waals surface area contributed by atoms with E-state index in [0.717, 1.165) is 0 Å². The Balaban J connectivity index is 4.03. The first-order valence-corrected chi connectivity index (χ1v) is 5.77. The normalized spacial score (nSPS) is 14.2. The van der Waals surface area contributed by atoms with Gasteiger partial charge >= 0.3 is 12.0 Å². The van der Waals surface area contributed by atoms with Crippen LogP contribution in [0.2, 0.25) is 0 Å². The lowest BCUT2D eigenvalue weighted by Gasteiger charge is -2.19. The van der Waals surface area contributed by atoms with E-state index >= 15 is 0 Å². The fourth-order valence-electron chi connectivity index (χ4n) is 1.29. The number of carbonyl (C=O) groups is 2. The molecule has 6 heteroatoms. The molecule has 0 aromatic rings. The van der Waals surface area contributed by atoms with Crippen molar-refractivity contribution in [3.05, 3.63) is 0 Å². The van der Waals surface area contributed by atoms with Gasteiger partial charge in [-0.3, -0.25) is 0 Å². The second-order valence-corrected chi connectivity index (χ2v) is 4.18. The van der Waals surface area contributed by atoms with Gasteiger partial charge in [0.25, 0.3) is 0 Å². The molecule has 0 aliphatic carbocycles. The third kappa shape index (κ3) is 6.78. The maximum atomic E-state index is 11.4. The van der Waals surface area contributed by atoms with Gasteiger partial charge in [0.2, 0.25) is 0 Å². The smallest absolute Gasteiger partial charge is 0.326 e. The van der Waals surface area contributed by atoms with Crippen molar-refractivity contribution in [3.63, 3.8) is 0 Å². The molecule has 0 rings (SSSR count). The molecule has 3 N–H and O–H groups in total. The number of aliphatic carboxylic acids is 1. The molecule has 1 unspecified atom stereocenters. The minimum absolute atomic E-state index is 0.0897. The van der Waals surface area contributed by atoms with E-state index in [1.807, 2.05) is 13.8 Å². The second kappa shape index (κ2) is 7.89. The summed E-state index contributed by atoms with van der Waals surface area (Å²) in [6, 6.07) is -1.37. The molecule has 2 atom stereocenters. The van der Waals surface area contributed by atoms with Crippen LogP contribution in [0.15, 0.2) is 0 Å². The maximum absolute atomic E-state index is 11.4. The minimum atomic E-state index is -1.03. The van der Waals surface area contributed by atoms with Crippen LogP contribution in [0.5, 0.6) is 0 Å². The van der Waals surface area contributed by atoms with Crippen molar-refractivity contribution in [1.29, 1.82) is 0 Å². The molecule has 0 aliphatic rings. The molecule has 0 fully saturated rings. The molecular formula is C11H22N2O4. The average molecular weight is 246 g/mol. The fraction of sp³-hybridized carbons (Fsp3) is 0.818. The topological polar surface area (TPSA) is 87.7 Å². The molecule has 0 bridgehead atoms. The molecule has 0 aromatic heterocycles. The van der Waals surface area contributed by atoms with E-state index < -0.39 is 18.0 Å². The number of carboxylic acid groups (broad SMARTS) is 1. The quantitative estimate of drug-likeness (QED) is 0.620. The Hall–Kier alpha value is -1.30. The van der Waals surface area contributed by atoms with Gasteiger partial charge in [-0.1, -0.05) is 13.8 Å². The van der Waals surface area contributed by atoms with Crippen molar-refractivity contribution in [1.82, 2.24) is 10.6 Å². The monoisotopic (exact) mass is 246 g/mol. The highest BCUT2D eigenvalue weighted by Gasteiger charge is 2.23. The first-order valence-electron chi connectivity index (χ1n) is 5.77. The van der Waals surface area contributed by atoms with Crippen LogP contribution >= 0.6 is 0 Å². The van der Waals surface area contributed by atoms with Crippen LogP contribution in [0.25, 0.3) is 0 Å². The Morgan fingerprint density at radius 2 is 1.88 bits per heavy atom. The number of hydrogen-bond donors (Lipinski definition) is 3. The fourth-order valence-corrected chi connectivity index (χ4v) is 1.29. The lowest BCUT2D eigenvalue weighted by atomic mass is 10.1. The number of carbonyl (C=O) groups excluding carboxylic acids is 1. The predicted octanol–water partition coefficient (Wildman–Crippen LogP) is 0.820. The number of urea groups is 1. The Bertz CT molecular complexity index is 256. The van der Waals surface area contributed by atoms with Gasteiger partial charge in [-0.25, -0.2) is 9.59 Å². The zero-order valence-corrected chi connectivity index (χ0v) is 10.8. The van der Waals surface area contributed by atoms with Crippen molar-refractivity contribution in [2.24, 2.45) is 5.92 Å². The Kier molecular flexibility index (Phi) is 7.29. The molecule has 2 amide bonds. The maximum Gasteiger partial charge on any atom is 0.326 e. The van der Waals surface area contributed by atoms with Crippen molar-refractivity contribution in [2.75, 3.05) is 13.2 Å². The molecule has 17 heavy (non-hydrogen) atoms. The number of rotatable bonds is 7. The van der Waals surface area contributed by atoms with Gasteiger partial charge in [-0.2, -0.15) is 0 Å². The first kappa shape index (κ1) is 15.7. The zero-order chi connectivity index (χ0) is 13.4. The van der Waals surface area contributed by atoms with Crippen LogP contribution in [0.1, 0.15) is 27.7 Å². The van der Waals surface area contributed by atoms with Crippen LogP contribution in [0, 0.1) is 5.92 Å². The van der Waals surface area contributed by atoms with Gasteiger partial charge < -0.3 is 20.5 Å². The van der Waals surface area contributed by atoms with Crippen molar-refractivity contribution >= 4 is 12.0 Å².